The minimum atomic E-state index is -0.940. The van der Waals surface area contributed by atoms with Crippen molar-refractivity contribution < 1.29 is 9.18 Å². The molecule has 2 aromatic carbocycles. The molecule has 1 heterocycles. The molecule has 0 aliphatic rings. The highest BCUT2D eigenvalue weighted by atomic mass is 19.1. The minimum Gasteiger partial charge on any atom is -0.322 e. The summed E-state index contributed by atoms with van der Waals surface area (Å²) in [6.07, 6.45) is 1.42. The predicted molar refractivity (Wildman–Crippen MR) is 91.5 cm³/mol. The van der Waals surface area contributed by atoms with Gasteiger partial charge in [-0.1, -0.05) is 42.5 Å². The molecule has 1 atom stereocenters. The van der Waals surface area contributed by atoms with Gasteiger partial charge in [-0.2, -0.15) is 10.1 Å². The molecule has 1 N–H and O–H groups in total. The van der Waals surface area contributed by atoms with E-state index in [4.69, 9.17) is 0 Å². The molecular weight excluding hydrogens is 323 g/mol. The Balaban J connectivity index is 1.83. The molecule has 0 saturated carbocycles. The zero-order valence-electron chi connectivity index (χ0n) is 13.4. The van der Waals surface area contributed by atoms with Crippen molar-refractivity contribution in [2.45, 2.75) is 13.0 Å². The fraction of sp³-hybridized carbons (Fsp3) is 0.111. The van der Waals surface area contributed by atoms with Crippen molar-refractivity contribution in [3.63, 3.8) is 0 Å². The van der Waals surface area contributed by atoms with Gasteiger partial charge >= 0.3 is 5.69 Å². The zero-order valence-corrected chi connectivity index (χ0v) is 13.4. The number of benzene rings is 2. The SMILES string of the molecule is CC(C(=O)Nc1ccccc1F)n1ncc(-c2ccccc2)nc1=O. The number of nitrogens with one attached hydrogen (secondary N) is 1. The Morgan fingerprint density at radius 2 is 1.80 bits per heavy atom. The molecule has 25 heavy (non-hydrogen) atoms. The largest absolute Gasteiger partial charge is 0.365 e. The highest BCUT2D eigenvalue weighted by Crippen LogP contribution is 2.16. The molecule has 7 heteroatoms. The third kappa shape index (κ3) is 3.60. The van der Waals surface area contributed by atoms with E-state index in [2.05, 4.69) is 15.4 Å². The van der Waals surface area contributed by atoms with Crippen LogP contribution in [-0.2, 0) is 4.79 Å². The molecule has 1 unspecified atom stereocenters. The van der Waals surface area contributed by atoms with Crippen molar-refractivity contribution in [3.05, 3.63) is 77.1 Å². The van der Waals surface area contributed by atoms with Gasteiger partial charge in [0.1, 0.15) is 11.9 Å². The second-order valence-electron chi connectivity index (χ2n) is 5.38. The van der Waals surface area contributed by atoms with Gasteiger partial charge in [-0.15, -0.1) is 0 Å². The van der Waals surface area contributed by atoms with E-state index in [0.29, 0.717) is 5.69 Å². The quantitative estimate of drug-likeness (QED) is 0.793. The topological polar surface area (TPSA) is 76.9 Å². The molecule has 0 radical (unpaired) electrons. The standard InChI is InChI=1S/C18H15FN4O2/c1-12(17(24)21-15-10-6-5-9-14(15)19)23-18(25)22-16(11-20-23)13-7-3-2-4-8-13/h2-12H,1H3,(H,21,24). The van der Waals surface area contributed by atoms with Crippen LogP contribution in [0.1, 0.15) is 13.0 Å². The summed E-state index contributed by atoms with van der Waals surface area (Å²) in [5, 5.41) is 6.47. The lowest BCUT2D eigenvalue weighted by Crippen LogP contribution is -2.35. The fourth-order valence-corrected chi connectivity index (χ4v) is 2.27. The van der Waals surface area contributed by atoms with E-state index in [-0.39, 0.29) is 5.69 Å². The van der Waals surface area contributed by atoms with E-state index in [1.54, 1.807) is 6.07 Å². The molecular formula is C18H15FN4O2. The van der Waals surface area contributed by atoms with Gasteiger partial charge in [-0.3, -0.25) is 4.79 Å². The van der Waals surface area contributed by atoms with Crippen LogP contribution in [-0.4, -0.2) is 20.7 Å². The summed E-state index contributed by atoms with van der Waals surface area (Å²) in [7, 11) is 0. The smallest absolute Gasteiger partial charge is 0.322 e. The molecule has 0 saturated heterocycles. The number of carbonyl (C=O) groups is 1. The number of hydrogen-bond donors (Lipinski definition) is 1. The summed E-state index contributed by atoms with van der Waals surface area (Å²) < 4.78 is 14.6. The van der Waals surface area contributed by atoms with E-state index < -0.39 is 23.5 Å². The van der Waals surface area contributed by atoms with Gasteiger partial charge in [0.05, 0.1) is 17.6 Å². The van der Waals surface area contributed by atoms with Gasteiger partial charge in [0, 0.05) is 5.56 Å². The van der Waals surface area contributed by atoms with Crippen LogP contribution in [0.4, 0.5) is 10.1 Å². The van der Waals surface area contributed by atoms with Crippen LogP contribution in [0.2, 0.25) is 0 Å². The number of aromatic nitrogens is 3. The lowest BCUT2D eigenvalue weighted by atomic mass is 10.2. The first-order valence-corrected chi connectivity index (χ1v) is 7.63. The molecule has 3 aromatic rings. The molecule has 6 nitrogen and oxygen atoms in total. The summed E-state index contributed by atoms with van der Waals surface area (Å²) >= 11 is 0. The van der Waals surface area contributed by atoms with E-state index >= 15 is 0 Å². The molecule has 0 bridgehead atoms. The van der Waals surface area contributed by atoms with Gasteiger partial charge < -0.3 is 5.32 Å². The zero-order chi connectivity index (χ0) is 17.8. The Labute approximate surface area is 143 Å². The number of carbonyl (C=O) groups excluding carboxylic acids is 1. The van der Waals surface area contributed by atoms with Crippen LogP contribution in [0.3, 0.4) is 0 Å². The maximum atomic E-state index is 13.6. The van der Waals surface area contributed by atoms with Gasteiger partial charge in [0.25, 0.3) is 0 Å². The Morgan fingerprint density at radius 1 is 1.12 bits per heavy atom. The molecule has 0 aliphatic heterocycles. The number of anilines is 1. The highest BCUT2D eigenvalue weighted by Gasteiger charge is 2.19. The van der Waals surface area contributed by atoms with Crippen LogP contribution in [0.25, 0.3) is 11.3 Å². The van der Waals surface area contributed by atoms with Gasteiger partial charge in [-0.25, -0.2) is 13.9 Å². The molecule has 0 spiro atoms. The Bertz CT molecular complexity index is 957. The lowest BCUT2D eigenvalue weighted by molar-refractivity contribution is -0.119. The maximum absolute atomic E-state index is 13.6. The van der Waals surface area contributed by atoms with E-state index in [0.717, 1.165) is 10.2 Å². The molecule has 126 valence electrons. The number of nitrogens with zero attached hydrogens (tertiary/aromatic N) is 3. The van der Waals surface area contributed by atoms with Crippen LogP contribution in [0.5, 0.6) is 0 Å². The Kier molecular flexibility index (Phi) is 4.65. The summed E-state index contributed by atoms with van der Waals surface area (Å²) in [5.41, 5.74) is 0.560. The summed E-state index contributed by atoms with van der Waals surface area (Å²) in [4.78, 5) is 28.4. The average Bonchev–Trinajstić information content (AvgIpc) is 2.63. The number of rotatable bonds is 4. The first kappa shape index (κ1) is 16.5. The molecule has 1 amide bonds. The van der Waals surface area contributed by atoms with E-state index in [1.807, 2.05) is 30.3 Å². The van der Waals surface area contributed by atoms with Crippen LogP contribution in [0, 0.1) is 5.82 Å². The van der Waals surface area contributed by atoms with E-state index in [9.17, 15) is 14.0 Å². The predicted octanol–water partition coefficient (Wildman–Crippen LogP) is 2.64. The second kappa shape index (κ2) is 7.04. The third-order valence-corrected chi connectivity index (χ3v) is 3.66. The Hall–Kier alpha value is -3.35. The average molecular weight is 338 g/mol. The van der Waals surface area contributed by atoms with Crippen molar-refractivity contribution in [1.29, 1.82) is 0 Å². The van der Waals surface area contributed by atoms with Crippen LogP contribution < -0.4 is 11.0 Å². The molecule has 0 fully saturated rings. The number of amides is 1. The van der Waals surface area contributed by atoms with Crippen molar-refractivity contribution in [2.75, 3.05) is 5.32 Å². The number of halogens is 1. The highest BCUT2D eigenvalue weighted by molar-refractivity contribution is 5.93. The third-order valence-electron chi connectivity index (χ3n) is 3.66. The van der Waals surface area contributed by atoms with Crippen molar-refractivity contribution in [3.8, 4) is 11.3 Å². The lowest BCUT2D eigenvalue weighted by Gasteiger charge is -2.14. The second-order valence-corrected chi connectivity index (χ2v) is 5.38. The monoisotopic (exact) mass is 338 g/mol. The summed E-state index contributed by atoms with van der Waals surface area (Å²) in [5.74, 6) is -1.12. The normalized spacial score (nSPS) is 11.8. The van der Waals surface area contributed by atoms with Crippen molar-refractivity contribution >= 4 is 11.6 Å². The van der Waals surface area contributed by atoms with Gasteiger partial charge in [0.15, 0.2) is 0 Å². The minimum absolute atomic E-state index is 0.0428. The maximum Gasteiger partial charge on any atom is 0.365 e. The number of hydrogen-bond acceptors (Lipinski definition) is 4. The molecule has 0 aliphatic carbocycles. The van der Waals surface area contributed by atoms with Crippen molar-refractivity contribution in [2.24, 2.45) is 0 Å². The molecule has 3 rings (SSSR count). The first-order valence-electron chi connectivity index (χ1n) is 7.63. The van der Waals surface area contributed by atoms with Gasteiger partial charge in [-0.05, 0) is 19.1 Å². The summed E-state index contributed by atoms with van der Waals surface area (Å²) in [6, 6.07) is 14.0. The van der Waals surface area contributed by atoms with Gasteiger partial charge in [0.2, 0.25) is 5.91 Å². The van der Waals surface area contributed by atoms with Crippen LogP contribution >= 0.6 is 0 Å². The van der Waals surface area contributed by atoms with Crippen LogP contribution in [0.15, 0.2) is 65.6 Å². The summed E-state index contributed by atoms with van der Waals surface area (Å²) in [6.45, 7) is 1.49. The van der Waals surface area contributed by atoms with Crippen molar-refractivity contribution in [1.82, 2.24) is 14.8 Å². The first-order chi connectivity index (χ1) is 12.1. The number of para-hydroxylation sites is 1. The van der Waals surface area contributed by atoms with E-state index in [1.165, 1.54) is 31.3 Å². The Morgan fingerprint density at radius 3 is 2.48 bits per heavy atom. The fourth-order valence-electron chi connectivity index (χ4n) is 2.27. The molecule has 1 aromatic heterocycles.